The van der Waals surface area contributed by atoms with Crippen molar-refractivity contribution in [1.82, 2.24) is 0 Å². The Kier molecular flexibility index (Phi) is 4.81. The average molecular weight is 416 g/mol. The Labute approximate surface area is 181 Å². The molecular formula is C25H24N2O4. The molecular weight excluding hydrogens is 392 g/mol. The molecule has 2 aromatic carbocycles. The van der Waals surface area contributed by atoms with Gasteiger partial charge >= 0.3 is 0 Å². The van der Waals surface area contributed by atoms with Gasteiger partial charge in [-0.3, -0.25) is 14.9 Å². The second-order valence-electron chi connectivity index (χ2n) is 8.45. The van der Waals surface area contributed by atoms with Crippen LogP contribution >= 0.6 is 0 Å². The summed E-state index contributed by atoms with van der Waals surface area (Å²) in [4.78, 5) is 23.5. The number of hydrogen-bond donors (Lipinski definition) is 0. The molecule has 0 aromatic heterocycles. The third-order valence-electron chi connectivity index (χ3n) is 6.28. The summed E-state index contributed by atoms with van der Waals surface area (Å²) in [5, 5.41) is 11.1. The van der Waals surface area contributed by atoms with Gasteiger partial charge in [-0.2, -0.15) is 0 Å². The van der Waals surface area contributed by atoms with Gasteiger partial charge in [0.25, 0.3) is 5.69 Å². The number of nitrogens with zero attached hydrogens (tertiary/aromatic N) is 2. The lowest BCUT2D eigenvalue weighted by atomic mass is 9.76. The molecule has 2 heterocycles. The molecule has 0 saturated carbocycles. The highest BCUT2D eigenvalue weighted by atomic mass is 16.6. The zero-order valence-corrected chi connectivity index (χ0v) is 18.0. The maximum absolute atomic E-state index is 11.1. The molecule has 0 amide bonds. The Hall–Kier alpha value is -3.67. The Morgan fingerprint density at radius 3 is 2.68 bits per heavy atom. The molecule has 6 heteroatoms. The largest absolute Gasteiger partial charge is 0.463 e. The highest BCUT2D eigenvalue weighted by Gasteiger charge is 2.57. The third-order valence-corrected chi connectivity index (χ3v) is 6.28. The van der Waals surface area contributed by atoms with Crippen molar-refractivity contribution in [2.45, 2.75) is 31.9 Å². The van der Waals surface area contributed by atoms with Gasteiger partial charge in [-0.05, 0) is 73.9 Å². The van der Waals surface area contributed by atoms with Gasteiger partial charge in [-0.25, -0.2) is 0 Å². The molecule has 4 rings (SSSR count). The number of fused-ring (bicyclic) bond motifs is 2. The molecule has 0 radical (unpaired) electrons. The molecule has 0 fully saturated rings. The van der Waals surface area contributed by atoms with E-state index in [9.17, 15) is 14.9 Å². The van der Waals surface area contributed by atoms with Crippen LogP contribution in [0, 0.1) is 10.1 Å². The number of carbonyl (C=O) groups excluding carboxylic acids is 1. The molecule has 2 aliphatic heterocycles. The Balaban J connectivity index is 1.74. The predicted octanol–water partition coefficient (Wildman–Crippen LogP) is 5.28. The van der Waals surface area contributed by atoms with E-state index in [4.69, 9.17) is 4.74 Å². The maximum atomic E-state index is 11.1. The summed E-state index contributed by atoms with van der Waals surface area (Å²) in [6, 6.07) is 10.9. The zero-order valence-electron chi connectivity index (χ0n) is 18.0. The van der Waals surface area contributed by atoms with Crippen molar-refractivity contribution in [2.24, 2.45) is 0 Å². The number of likely N-dealkylation sites (N-methyl/N-ethyl adjacent to an activating group) is 1. The fourth-order valence-corrected chi connectivity index (χ4v) is 4.43. The first-order valence-electron chi connectivity index (χ1n) is 10.0. The van der Waals surface area contributed by atoms with E-state index in [1.54, 1.807) is 6.07 Å². The molecule has 0 N–H and O–H groups in total. The first-order chi connectivity index (χ1) is 14.7. The van der Waals surface area contributed by atoms with Gasteiger partial charge in [0, 0.05) is 30.4 Å². The van der Waals surface area contributed by atoms with E-state index in [1.165, 1.54) is 18.2 Å². The molecule has 2 aliphatic rings. The summed E-state index contributed by atoms with van der Waals surface area (Å²) >= 11 is 0. The quantitative estimate of drug-likeness (QED) is 0.223. The van der Waals surface area contributed by atoms with Gasteiger partial charge in [0.15, 0.2) is 0 Å². The summed E-state index contributed by atoms with van der Waals surface area (Å²) in [7, 11) is 2.00. The van der Waals surface area contributed by atoms with E-state index in [-0.39, 0.29) is 5.69 Å². The molecule has 0 aliphatic carbocycles. The lowest BCUT2D eigenvalue weighted by molar-refractivity contribution is -0.384. The van der Waals surface area contributed by atoms with Crippen LogP contribution in [0.15, 0.2) is 60.2 Å². The minimum atomic E-state index is -0.756. The van der Waals surface area contributed by atoms with Crippen molar-refractivity contribution >= 4 is 29.8 Å². The van der Waals surface area contributed by atoms with Crippen molar-refractivity contribution in [3.05, 3.63) is 87.0 Å². The summed E-state index contributed by atoms with van der Waals surface area (Å²) < 4.78 is 6.55. The van der Waals surface area contributed by atoms with E-state index in [1.807, 2.05) is 44.3 Å². The van der Waals surface area contributed by atoms with E-state index in [0.29, 0.717) is 11.3 Å². The molecule has 1 unspecified atom stereocenters. The summed E-state index contributed by atoms with van der Waals surface area (Å²) in [6.07, 6.45) is 10.1. The van der Waals surface area contributed by atoms with Crippen LogP contribution in [0.3, 0.4) is 0 Å². The highest BCUT2D eigenvalue weighted by molar-refractivity contribution is 5.75. The lowest BCUT2D eigenvalue weighted by Gasteiger charge is -2.45. The first-order valence-corrected chi connectivity index (χ1v) is 10.0. The second kappa shape index (κ2) is 7.23. The van der Waals surface area contributed by atoms with Crippen LogP contribution in [0.2, 0.25) is 0 Å². The molecule has 2 aromatic rings. The summed E-state index contributed by atoms with van der Waals surface area (Å²) in [6.45, 7) is 6.16. The second-order valence-corrected chi connectivity index (χ2v) is 8.45. The van der Waals surface area contributed by atoms with Gasteiger partial charge in [-0.15, -0.1) is 0 Å². The van der Waals surface area contributed by atoms with E-state index >= 15 is 0 Å². The minimum absolute atomic E-state index is 0.0422. The van der Waals surface area contributed by atoms with Gasteiger partial charge < -0.3 is 9.64 Å². The smallest absolute Gasteiger partial charge is 0.270 e. The molecule has 6 nitrogen and oxygen atoms in total. The van der Waals surface area contributed by atoms with Crippen molar-refractivity contribution in [1.29, 1.82) is 0 Å². The number of benzene rings is 2. The Bertz CT molecular complexity index is 1180. The standard InChI is InChI=1S/C25H24N2O4/c1-17(12-14-28)5-6-18-7-9-22-21(15-18)24(2,3)25(26(22)4)13-11-19-16-20(27(29)30)8-10-23(19)31-25/h5-16H,1-4H3/b6-5-,17-12+. The molecule has 0 saturated heterocycles. The maximum Gasteiger partial charge on any atom is 0.270 e. The first kappa shape index (κ1) is 20.6. The molecule has 1 spiro atoms. The van der Waals surface area contributed by atoms with Crippen LogP contribution in [0.5, 0.6) is 5.75 Å². The molecule has 1 atom stereocenters. The summed E-state index contributed by atoms with van der Waals surface area (Å²) in [5.41, 5.74) is 3.71. The van der Waals surface area contributed by atoms with Crippen LogP contribution in [0.1, 0.15) is 37.5 Å². The molecule has 158 valence electrons. The summed E-state index contributed by atoms with van der Waals surface area (Å²) in [5.74, 6) is 0.621. The van der Waals surface area contributed by atoms with Crippen LogP contribution in [0.25, 0.3) is 12.2 Å². The number of hydrogen-bond acceptors (Lipinski definition) is 5. The van der Waals surface area contributed by atoms with E-state index in [0.717, 1.165) is 28.7 Å². The topological polar surface area (TPSA) is 72.7 Å². The minimum Gasteiger partial charge on any atom is -0.463 e. The number of rotatable bonds is 4. The highest BCUT2D eigenvalue weighted by Crippen LogP contribution is 2.54. The SMILES string of the molecule is CC(/C=C\c1ccc2c(c1)C(C)(C)C1(C=Cc3cc([N+](=O)[O-])ccc3O1)N2C)=C\C=O. The van der Waals surface area contributed by atoms with Crippen LogP contribution in [-0.2, 0) is 10.2 Å². The van der Waals surface area contributed by atoms with Crippen molar-refractivity contribution in [3.63, 3.8) is 0 Å². The fraction of sp³-hybridized carbons (Fsp3) is 0.240. The Morgan fingerprint density at radius 1 is 1.19 bits per heavy atom. The number of anilines is 1. The monoisotopic (exact) mass is 416 g/mol. The Morgan fingerprint density at radius 2 is 1.97 bits per heavy atom. The van der Waals surface area contributed by atoms with Gasteiger partial charge in [0.05, 0.1) is 10.3 Å². The van der Waals surface area contributed by atoms with E-state index < -0.39 is 16.1 Å². The fourth-order valence-electron chi connectivity index (χ4n) is 4.43. The number of allylic oxidation sites excluding steroid dienone is 3. The number of nitro benzene ring substituents is 1. The van der Waals surface area contributed by atoms with Crippen LogP contribution < -0.4 is 9.64 Å². The molecule has 31 heavy (non-hydrogen) atoms. The normalized spacial score (nSPS) is 21.2. The predicted molar refractivity (Wildman–Crippen MR) is 122 cm³/mol. The zero-order chi connectivity index (χ0) is 22.4. The lowest BCUT2D eigenvalue weighted by Crippen LogP contribution is -2.58. The van der Waals surface area contributed by atoms with Gasteiger partial charge in [0.1, 0.15) is 12.0 Å². The third kappa shape index (κ3) is 3.15. The van der Waals surface area contributed by atoms with Crippen LogP contribution in [0.4, 0.5) is 11.4 Å². The van der Waals surface area contributed by atoms with Gasteiger partial charge in [-0.1, -0.05) is 18.2 Å². The number of nitro groups is 1. The van der Waals surface area contributed by atoms with Crippen LogP contribution in [-0.4, -0.2) is 24.0 Å². The number of non-ortho nitro benzene ring substituents is 1. The average Bonchev–Trinajstić information content (AvgIpc) is 2.90. The number of carbonyl (C=O) groups is 1. The number of ether oxygens (including phenoxy) is 1. The number of aldehydes is 1. The van der Waals surface area contributed by atoms with Crippen molar-refractivity contribution < 1.29 is 14.5 Å². The molecule has 0 bridgehead atoms. The van der Waals surface area contributed by atoms with Crippen molar-refractivity contribution in [2.75, 3.05) is 11.9 Å². The van der Waals surface area contributed by atoms with Crippen molar-refractivity contribution in [3.8, 4) is 5.75 Å². The van der Waals surface area contributed by atoms with Gasteiger partial charge in [0.2, 0.25) is 5.72 Å². The van der Waals surface area contributed by atoms with E-state index in [2.05, 4.69) is 30.9 Å².